The van der Waals surface area contributed by atoms with Crippen molar-refractivity contribution in [2.24, 2.45) is 0 Å². The van der Waals surface area contributed by atoms with E-state index in [2.05, 4.69) is 0 Å². The van der Waals surface area contributed by atoms with Crippen molar-refractivity contribution in [1.82, 2.24) is 4.90 Å². The molecule has 6 heteroatoms. The number of halogens is 1. The van der Waals surface area contributed by atoms with Crippen LogP contribution in [0.5, 0.6) is 11.5 Å². The van der Waals surface area contributed by atoms with Crippen molar-refractivity contribution >= 4 is 23.3 Å². The molecular weight excluding hydrogens is 354 g/mol. The lowest BCUT2D eigenvalue weighted by Gasteiger charge is -2.20. The van der Waals surface area contributed by atoms with Gasteiger partial charge in [-0.05, 0) is 43.3 Å². The third-order valence-corrected chi connectivity index (χ3v) is 4.34. The first kappa shape index (κ1) is 19.8. The van der Waals surface area contributed by atoms with Gasteiger partial charge in [-0.3, -0.25) is 9.59 Å². The Balaban J connectivity index is 2.18. The van der Waals surface area contributed by atoms with E-state index in [0.29, 0.717) is 34.2 Å². The summed E-state index contributed by atoms with van der Waals surface area (Å²) in [6.45, 7) is 1.85. The van der Waals surface area contributed by atoms with Gasteiger partial charge < -0.3 is 14.4 Å². The number of hydrogen-bond donors (Lipinski definition) is 0. The molecule has 0 unspecified atom stereocenters. The number of carbonyl (C=O) groups excluding carboxylic acids is 2. The molecule has 0 aliphatic rings. The highest BCUT2D eigenvalue weighted by Gasteiger charge is 2.16. The number of carbonyl (C=O) groups is 2. The Morgan fingerprint density at radius 3 is 2.23 bits per heavy atom. The molecule has 0 aliphatic heterocycles. The summed E-state index contributed by atoms with van der Waals surface area (Å²) in [5.74, 6) is 1.09. The molecule has 0 aliphatic carbocycles. The predicted molar refractivity (Wildman–Crippen MR) is 101 cm³/mol. The van der Waals surface area contributed by atoms with Crippen LogP contribution in [-0.4, -0.2) is 37.9 Å². The van der Waals surface area contributed by atoms with Crippen LogP contribution in [0.2, 0.25) is 5.02 Å². The quantitative estimate of drug-likeness (QED) is 0.691. The van der Waals surface area contributed by atoms with E-state index in [9.17, 15) is 9.59 Å². The lowest BCUT2D eigenvalue weighted by Crippen LogP contribution is -2.28. The van der Waals surface area contributed by atoms with Crippen molar-refractivity contribution < 1.29 is 19.1 Å². The summed E-state index contributed by atoms with van der Waals surface area (Å²) in [6.07, 6.45) is 0.129. The molecule has 2 rings (SSSR count). The van der Waals surface area contributed by atoms with Crippen LogP contribution in [0.4, 0.5) is 0 Å². The van der Waals surface area contributed by atoms with Gasteiger partial charge in [-0.2, -0.15) is 0 Å². The van der Waals surface area contributed by atoms with E-state index < -0.39 is 0 Å². The fourth-order valence-electron chi connectivity index (χ4n) is 2.65. The van der Waals surface area contributed by atoms with Crippen molar-refractivity contribution in [3.63, 3.8) is 0 Å². The zero-order valence-corrected chi connectivity index (χ0v) is 16.1. The zero-order chi connectivity index (χ0) is 19.3. The van der Waals surface area contributed by atoms with Crippen LogP contribution in [-0.2, 0) is 17.8 Å². The number of methoxy groups -OCH3 is 2. The molecule has 5 nitrogen and oxygen atoms in total. The van der Waals surface area contributed by atoms with Gasteiger partial charge in [0.25, 0.3) is 0 Å². The Bertz CT molecular complexity index is 819. The van der Waals surface area contributed by atoms with Gasteiger partial charge in [0.2, 0.25) is 5.91 Å². The molecule has 0 heterocycles. The summed E-state index contributed by atoms with van der Waals surface area (Å²) in [6, 6.07) is 10.4. The first-order valence-corrected chi connectivity index (χ1v) is 8.47. The maximum atomic E-state index is 12.7. The van der Waals surface area contributed by atoms with E-state index in [4.69, 9.17) is 21.1 Å². The van der Waals surface area contributed by atoms with E-state index in [1.54, 1.807) is 55.5 Å². The number of rotatable bonds is 7. The molecule has 0 aromatic heterocycles. The topological polar surface area (TPSA) is 55.8 Å². The minimum Gasteiger partial charge on any atom is -0.496 e. The molecule has 26 heavy (non-hydrogen) atoms. The molecule has 0 fully saturated rings. The number of ketones is 1. The molecule has 0 saturated carbocycles. The number of nitrogens with zero attached hydrogens (tertiary/aromatic N) is 1. The van der Waals surface area contributed by atoms with Gasteiger partial charge in [0.15, 0.2) is 5.78 Å². The normalized spacial score (nSPS) is 10.3. The Labute approximate surface area is 158 Å². The second-order valence-corrected chi connectivity index (χ2v) is 6.40. The van der Waals surface area contributed by atoms with Crippen molar-refractivity contribution in [2.75, 3.05) is 21.3 Å². The molecule has 0 bridgehead atoms. The standard InChI is InChI=1S/C20H22ClNO4/c1-13(23)14-5-7-18(25-3)15(9-14)11-20(24)22(2)12-16-10-17(21)6-8-19(16)26-4/h5-10H,11-12H2,1-4H3. The highest BCUT2D eigenvalue weighted by atomic mass is 35.5. The zero-order valence-electron chi connectivity index (χ0n) is 15.3. The van der Waals surface area contributed by atoms with Crippen LogP contribution in [0, 0.1) is 0 Å². The summed E-state index contributed by atoms with van der Waals surface area (Å²) in [5, 5.41) is 0.581. The van der Waals surface area contributed by atoms with E-state index in [0.717, 1.165) is 5.56 Å². The molecule has 138 valence electrons. The van der Waals surface area contributed by atoms with Crippen LogP contribution >= 0.6 is 11.6 Å². The van der Waals surface area contributed by atoms with Gasteiger partial charge in [0.05, 0.1) is 20.6 Å². The largest absolute Gasteiger partial charge is 0.496 e. The monoisotopic (exact) mass is 375 g/mol. The first-order valence-electron chi connectivity index (χ1n) is 8.10. The summed E-state index contributed by atoms with van der Waals surface area (Å²) in [7, 11) is 4.83. The number of Topliss-reactive ketones (excluding diaryl/α,β-unsaturated/α-hetero) is 1. The van der Waals surface area contributed by atoms with Gasteiger partial charge in [0, 0.05) is 35.3 Å². The molecule has 0 saturated heterocycles. The van der Waals surface area contributed by atoms with Crippen molar-refractivity contribution in [1.29, 1.82) is 0 Å². The first-order chi connectivity index (χ1) is 12.3. The van der Waals surface area contributed by atoms with Gasteiger partial charge in [-0.1, -0.05) is 11.6 Å². The van der Waals surface area contributed by atoms with Crippen LogP contribution in [0.25, 0.3) is 0 Å². The molecule has 0 spiro atoms. The number of ether oxygens (including phenoxy) is 2. The molecule has 0 N–H and O–H groups in total. The van der Waals surface area contributed by atoms with Crippen LogP contribution < -0.4 is 9.47 Å². The second-order valence-electron chi connectivity index (χ2n) is 5.97. The summed E-state index contributed by atoms with van der Waals surface area (Å²) >= 11 is 6.05. The highest BCUT2D eigenvalue weighted by Crippen LogP contribution is 2.25. The van der Waals surface area contributed by atoms with Crippen LogP contribution in [0.1, 0.15) is 28.4 Å². The smallest absolute Gasteiger partial charge is 0.227 e. The van der Waals surface area contributed by atoms with Crippen LogP contribution in [0.3, 0.4) is 0 Å². The number of hydrogen-bond acceptors (Lipinski definition) is 4. The minimum absolute atomic E-state index is 0.0571. The molecule has 1 amide bonds. The maximum absolute atomic E-state index is 12.7. The molecule has 0 radical (unpaired) electrons. The fraction of sp³-hybridized carbons (Fsp3) is 0.300. The van der Waals surface area contributed by atoms with Crippen LogP contribution in [0.15, 0.2) is 36.4 Å². The summed E-state index contributed by atoms with van der Waals surface area (Å²) < 4.78 is 10.6. The van der Waals surface area contributed by atoms with Gasteiger partial charge in [0.1, 0.15) is 11.5 Å². The number of likely N-dealkylation sites (N-methyl/N-ethyl adjacent to an activating group) is 1. The maximum Gasteiger partial charge on any atom is 0.227 e. The van der Waals surface area contributed by atoms with Crippen molar-refractivity contribution in [2.45, 2.75) is 19.9 Å². The lowest BCUT2D eigenvalue weighted by molar-refractivity contribution is -0.129. The van der Waals surface area contributed by atoms with Gasteiger partial charge in [-0.25, -0.2) is 0 Å². The van der Waals surface area contributed by atoms with Gasteiger partial charge >= 0.3 is 0 Å². The number of benzene rings is 2. The Kier molecular flexibility index (Phi) is 6.64. The minimum atomic E-state index is -0.106. The lowest BCUT2D eigenvalue weighted by atomic mass is 10.0. The van der Waals surface area contributed by atoms with Crippen molar-refractivity contribution in [3.8, 4) is 11.5 Å². The molecule has 2 aromatic rings. The van der Waals surface area contributed by atoms with E-state index >= 15 is 0 Å². The average molecular weight is 376 g/mol. The second kappa shape index (κ2) is 8.72. The summed E-state index contributed by atoms with van der Waals surface area (Å²) in [5.41, 5.74) is 2.04. The third-order valence-electron chi connectivity index (χ3n) is 4.10. The third kappa shape index (κ3) is 4.76. The average Bonchev–Trinajstić information content (AvgIpc) is 2.61. The molecule has 2 aromatic carbocycles. The van der Waals surface area contributed by atoms with E-state index in [-0.39, 0.29) is 18.1 Å². The molecular formula is C20H22ClNO4. The SMILES string of the molecule is COc1ccc(C(C)=O)cc1CC(=O)N(C)Cc1cc(Cl)ccc1OC. The Morgan fingerprint density at radius 2 is 1.62 bits per heavy atom. The highest BCUT2D eigenvalue weighted by molar-refractivity contribution is 6.30. The number of amides is 1. The molecule has 0 atom stereocenters. The predicted octanol–water partition coefficient (Wildman–Crippen LogP) is 3.76. The summed E-state index contributed by atoms with van der Waals surface area (Å²) in [4.78, 5) is 25.9. The van der Waals surface area contributed by atoms with E-state index in [1.807, 2.05) is 0 Å². The van der Waals surface area contributed by atoms with Crippen molar-refractivity contribution in [3.05, 3.63) is 58.1 Å². The fourth-order valence-corrected chi connectivity index (χ4v) is 2.84. The van der Waals surface area contributed by atoms with Gasteiger partial charge in [-0.15, -0.1) is 0 Å². The Morgan fingerprint density at radius 1 is 1.00 bits per heavy atom. The Hall–Kier alpha value is -2.53. The van der Waals surface area contributed by atoms with E-state index in [1.165, 1.54) is 14.0 Å².